The Hall–Kier alpha value is -1.93. The van der Waals surface area contributed by atoms with Crippen molar-refractivity contribution >= 4 is 21.8 Å². The molecule has 0 aliphatic rings. The molecular formula is C19H18N4NaO2S+. The smallest absolute Gasteiger partial charge is 0.496 e. The van der Waals surface area contributed by atoms with E-state index >= 15 is 0 Å². The molecule has 0 radical (unpaired) electrons. The molecule has 0 spiro atoms. The molecule has 1 N–H and O–H groups in total. The molecule has 0 saturated heterocycles. The summed E-state index contributed by atoms with van der Waals surface area (Å²) < 4.78 is 20.1. The van der Waals surface area contributed by atoms with Crippen LogP contribution < -0.4 is 34.3 Å². The maximum absolute atomic E-state index is 12.8. The Morgan fingerprint density at radius 2 is 2.00 bits per heavy atom. The van der Waals surface area contributed by atoms with Crippen molar-refractivity contribution in [3.63, 3.8) is 0 Å². The standard InChI is InChI=1S/C19H18N4O2S.Na/c1-13-17(20-8-7-18(13)25-2)12-26(24)19-21-15-6-5-14(11-16(15)22-19)23-9-3-4-10-23;/h3-11H,12H2,1-2H3,(H,21,22);/q;+1. The van der Waals surface area contributed by atoms with E-state index in [4.69, 9.17) is 4.74 Å². The predicted octanol–water partition coefficient (Wildman–Crippen LogP) is 0.377. The molecule has 27 heavy (non-hydrogen) atoms. The second-order valence-electron chi connectivity index (χ2n) is 5.91. The van der Waals surface area contributed by atoms with E-state index in [1.807, 2.05) is 54.2 Å². The summed E-state index contributed by atoms with van der Waals surface area (Å²) in [7, 11) is 0.293. The van der Waals surface area contributed by atoms with Crippen LogP contribution in [-0.4, -0.2) is 30.8 Å². The van der Waals surface area contributed by atoms with E-state index in [-0.39, 0.29) is 35.3 Å². The van der Waals surface area contributed by atoms with Crippen LogP contribution in [0.5, 0.6) is 5.75 Å². The second kappa shape index (κ2) is 8.39. The monoisotopic (exact) mass is 389 g/mol. The Balaban J connectivity index is 0.00000210. The molecule has 3 heterocycles. The van der Waals surface area contributed by atoms with E-state index in [2.05, 4.69) is 15.0 Å². The van der Waals surface area contributed by atoms with Gasteiger partial charge >= 0.3 is 29.6 Å². The van der Waals surface area contributed by atoms with Gasteiger partial charge in [0.25, 0.3) is 0 Å². The zero-order valence-corrected chi connectivity index (χ0v) is 18.3. The number of fused-ring (bicyclic) bond motifs is 1. The van der Waals surface area contributed by atoms with Gasteiger partial charge < -0.3 is 14.3 Å². The Bertz CT molecular complexity index is 1090. The number of aromatic amines is 1. The topological polar surface area (TPSA) is 72.8 Å². The minimum atomic E-state index is -1.32. The summed E-state index contributed by atoms with van der Waals surface area (Å²) in [5.41, 5.74) is 4.31. The number of ether oxygens (including phenoxy) is 1. The number of hydrogen-bond acceptors (Lipinski definition) is 4. The predicted molar refractivity (Wildman–Crippen MR) is 101 cm³/mol. The van der Waals surface area contributed by atoms with E-state index in [1.165, 1.54) is 0 Å². The van der Waals surface area contributed by atoms with Crippen molar-refractivity contribution < 1.29 is 38.5 Å². The summed E-state index contributed by atoms with van der Waals surface area (Å²) in [4.78, 5) is 12.0. The molecule has 0 aliphatic carbocycles. The van der Waals surface area contributed by atoms with Gasteiger partial charge in [-0.1, -0.05) is 0 Å². The summed E-state index contributed by atoms with van der Waals surface area (Å²) in [6.07, 6.45) is 5.63. The molecule has 4 rings (SSSR count). The summed E-state index contributed by atoms with van der Waals surface area (Å²) in [6, 6.07) is 11.7. The average Bonchev–Trinajstić information content (AvgIpc) is 3.32. The van der Waals surface area contributed by atoms with Crippen molar-refractivity contribution in [2.75, 3.05) is 7.11 Å². The van der Waals surface area contributed by atoms with E-state index in [0.29, 0.717) is 5.16 Å². The number of nitrogens with zero attached hydrogens (tertiary/aromatic N) is 3. The van der Waals surface area contributed by atoms with Crippen LogP contribution in [0.3, 0.4) is 0 Å². The van der Waals surface area contributed by atoms with Gasteiger partial charge in [0, 0.05) is 29.8 Å². The molecule has 1 unspecified atom stereocenters. The third kappa shape index (κ3) is 4.01. The number of nitrogens with one attached hydrogen (secondary N) is 1. The third-order valence-corrected chi connectivity index (χ3v) is 5.47. The van der Waals surface area contributed by atoms with Crippen LogP contribution in [0, 0.1) is 6.92 Å². The number of aromatic nitrogens is 4. The van der Waals surface area contributed by atoms with Crippen LogP contribution in [0.2, 0.25) is 0 Å². The molecule has 0 saturated carbocycles. The number of H-pyrrole nitrogens is 1. The minimum absolute atomic E-state index is 0. The Morgan fingerprint density at radius 3 is 2.74 bits per heavy atom. The molecule has 1 aromatic carbocycles. The molecule has 0 aliphatic heterocycles. The normalized spacial score (nSPS) is 11.9. The molecule has 4 aromatic rings. The number of hydrogen-bond donors (Lipinski definition) is 1. The molecule has 0 bridgehead atoms. The molecule has 1 atom stereocenters. The summed E-state index contributed by atoms with van der Waals surface area (Å²) in [6.45, 7) is 1.92. The molecule has 132 valence electrons. The first-order valence-electron chi connectivity index (χ1n) is 8.15. The van der Waals surface area contributed by atoms with Crippen LogP contribution >= 0.6 is 0 Å². The largest absolute Gasteiger partial charge is 1.00 e. The molecule has 6 nitrogen and oxygen atoms in total. The zero-order valence-electron chi connectivity index (χ0n) is 15.5. The quantitative estimate of drug-likeness (QED) is 0.501. The fourth-order valence-electron chi connectivity index (χ4n) is 2.87. The number of pyridine rings is 1. The Morgan fingerprint density at radius 1 is 1.22 bits per heavy atom. The van der Waals surface area contributed by atoms with Crippen molar-refractivity contribution in [2.24, 2.45) is 0 Å². The van der Waals surface area contributed by atoms with Crippen LogP contribution in [0.15, 0.2) is 60.1 Å². The second-order valence-corrected chi connectivity index (χ2v) is 7.27. The maximum atomic E-state index is 12.8. The Kier molecular flexibility index (Phi) is 6.16. The van der Waals surface area contributed by atoms with Crippen LogP contribution in [-0.2, 0) is 16.6 Å². The first-order valence-corrected chi connectivity index (χ1v) is 9.47. The molecule has 0 fully saturated rings. The van der Waals surface area contributed by atoms with E-state index < -0.39 is 10.8 Å². The number of benzene rings is 1. The van der Waals surface area contributed by atoms with Crippen molar-refractivity contribution in [3.8, 4) is 11.4 Å². The number of methoxy groups -OCH3 is 1. The van der Waals surface area contributed by atoms with Crippen molar-refractivity contribution in [1.29, 1.82) is 0 Å². The van der Waals surface area contributed by atoms with Crippen molar-refractivity contribution in [2.45, 2.75) is 17.8 Å². The molecule has 3 aromatic heterocycles. The molecule has 0 amide bonds. The van der Waals surface area contributed by atoms with Gasteiger partial charge in [-0.25, -0.2) is 4.98 Å². The van der Waals surface area contributed by atoms with Crippen LogP contribution in [0.4, 0.5) is 0 Å². The van der Waals surface area contributed by atoms with Gasteiger partial charge in [-0.05, 0) is 43.3 Å². The van der Waals surface area contributed by atoms with Gasteiger partial charge in [-0.3, -0.25) is 9.19 Å². The zero-order chi connectivity index (χ0) is 18.1. The number of imidazole rings is 1. The van der Waals surface area contributed by atoms with Gasteiger partial charge in [-0.15, -0.1) is 0 Å². The third-order valence-electron chi connectivity index (χ3n) is 4.31. The fourth-order valence-corrected chi connectivity index (χ4v) is 3.97. The van der Waals surface area contributed by atoms with Crippen LogP contribution in [0.25, 0.3) is 16.7 Å². The van der Waals surface area contributed by atoms with Crippen molar-refractivity contribution in [1.82, 2.24) is 19.5 Å². The van der Waals surface area contributed by atoms with Crippen LogP contribution in [0.1, 0.15) is 11.3 Å². The van der Waals surface area contributed by atoms with Gasteiger partial charge in [-0.2, -0.15) is 0 Å². The average molecular weight is 389 g/mol. The summed E-state index contributed by atoms with van der Waals surface area (Å²) in [5, 5.41) is 0.452. The number of rotatable bonds is 5. The minimum Gasteiger partial charge on any atom is -0.496 e. The first-order chi connectivity index (χ1) is 12.7. The van der Waals surface area contributed by atoms with E-state index in [1.54, 1.807) is 19.4 Å². The van der Waals surface area contributed by atoms with Gasteiger partial charge in [0.05, 0.1) is 40.4 Å². The molecular weight excluding hydrogens is 371 g/mol. The van der Waals surface area contributed by atoms with Crippen molar-refractivity contribution in [3.05, 3.63) is 66.2 Å². The van der Waals surface area contributed by atoms with Gasteiger partial charge in [0.2, 0.25) is 0 Å². The first kappa shape index (κ1) is 19.8. The van der Waals surface area contributed by atoms with E-state index in [9.17, 15) is 4.21 Å². The maximum Gasteiger partial charge on any atom is 1.00 e. The SMILES string of the molecule is COc1ccnc(CS(=O)c2nc3ccc(-n4cccc4)cc3[nH]2)c1C.[Na+]. The Labute approximate surface area is 181 Å². The van der Waals surface area contributed by atoms with E-state index in [0.717, 1.165) is 33.7 Å². The molecule has 8 heteroatoms. The van der Waals surface area contributed by atoms with Gasteiger partial charge in [0.15, 0.2) is 5.16 Å². The summed E-state index contributed by atoms with van der Waals surface area (Å²) in [5.74, 6) is 1.03. The van der Waals surface area contributed by atoms with Gasteiger partial charge in [0.1, 0.15) is 5.75 Å². The fraction of sp³-hybridized carbons (Fsp3) is 0.158. The summed E-state index contributed by atoms with van der Waals surface area (Å²) >= 11 is 0.